The average Bonchev–Trinajstić information content (AvgIpc) is 2.31. The summed E-state index contributed by atoms with van der Waals surface area (Å²) in [4.78, 5) is 2.07. The van der Waals surface area contributed by atoms with Gasteiger partial charge in [0, 0.05) is 1.37 Å². The second-order valence-corrected chi connectivity index (χ2v) is 4.76. The zero-order valence-corrected chi connectivity index (χ0v) is 10.9. The molecular formula is C14H31N. The van der Waals surface area contributed by atoms with Crippen molar-refractivity contribution in [1.29, 1.82) is 0 Å². The summed E-state index contributed by atoms with van der Waals surface area (Å²) in [5, 5.41) is 0. The Morgan fingerprint density at radius 1 is 0.800 bits per heavy atom. The van der Waals surface area contributed by atoms with E-state index in [0.29, 0.717) is 7.02 Å². The van der Waals surface area contributed by atoms with Crippen LogP contribution in [-0.4, -0.2) is 25.5 Å². The van der Waals surface area contributed by atoms with Crippen molar-refractivity contribution in [2.45, 2.75) is 71.1 Å². The summed E-state index contributed by atoms with van der Waals surface area (Å²) in [5.74, 6) is 0. The minimum Gasteiger partial charge on any atom is -0.309 e. The largest absolute Gasteiger partial charge is 0.309 e. The van der Waals surface area contributed by atoms with Gasteiger partial charge in [0.1, 0.15) is 0 Å². The van der Waals surface area contributed by atoms with Crippen LogP contribution in [0.3, 0.4) is 0 Å². The molecule has 0 amide bonds. The molecule has 0 saturated carbocycles. The van der Waals surface area contributed by atoms with E-state index in [1.807, 2.05) is 7.05 Å². The molecule has 0 aromatic carbocycles. The lowest BCUT2D eigenvalue weighted by atomic mass is 10.1. The molecule has 0 aromatic heterocycles. The molecule has 0 atom stereocenters. The Labute approximate surface area is 98.6 Å². The Morgan fingerprint density at radius 2 is 1.27 bits per heavy atom. The second kappa shape index (κ2) is 12.0. The van der Waals surface area contributed by atoms with Crippen molar-refractivity contribution in [2.75, 3.05) is 20.6 Å². The van der Waals surface area contributed by atoms with Crippen LogP contribution in [0, 0.1) is 0 Å². The molecule has 0 aliphatic rings. The van der Waals surface area contributed by atoms with E-state index in [4.69, 9.17) is 1.37 Å². The second-order valence-electron chi connectivity index (χ2n) is 4.76. The van der Waals surface area contributed by atoms with Crippen LogP contribution in [0.15, 0.2) is 0 Å². The maximum Gasteiger partial charge on any atom is 0.0394 e. The molecule has 0 N–H and O–H groups in total. The van der Waals surface area contributed by atoms with Gasteiger partial charge in [-0.3, -0.25) is 0 Å². The molecule has 0 heterocycles. The predicted molar refractivity (Wildman–Crippen MR) is 70.4 cm³/mol. The first-order valence-electron chi connectivity index (χ1n) is 7.49. The standard InChI is InChI=1S/C14H31N/c1-4-5-6-7-8-9-10-11-12-13-14-15(2)3/h4-14H2,1-3H3/i2D. The fourth-order valence-corrected chi connectivity index (χ4v) is 1.87. The fraction of sp³-hybridized carbons (Fsp3) is 1.00. The Kier molecular flexibility index (Phi) is 10.4. The van der Waals surface area contributed by atoms with E-state index in [0.717, 1.165) is 6.54 Å². The highest BCUT2D eigenvalue weighted by Crippen LogP contribution is 2.10. The van der Waals surface area contributed by atoms with Gasteiger partial charge in [-0.05, 0) is 27.0 Å². The smallest absolute Gasteiger partial charge is 0.0394 e. The first-order valence-corrected chi connectivity index (χ1v) is 6.79. The van der Waals surface area contributed by atoms with E-state index in [1.165, 1.54) is 64.2 Å². The summed E-state index contributed by atoms with van der Waals surface area (Å²) in [6.45, 7) is 3.37. The molecule has 0 radical (unpaired) electrons. The molecule has 15 heavy (non-hydrogen) atoms. The number of rotatable bonds is 11. The maximum atomic E-state index is 7.16. The third kappa shape index (κ3) is 14.0. The molecule has 1 heteroatoms. The zero-order chi connectivity index (χ0) is 12.1. The summed E-state index contributed by atoms with van der Waals surface area (Å²) in [7, 11) is 2.47. The van der Waals surface area contributed by atoms with Gasteiger partial charge in [-0.15, -0.1) is 0 Å². The van der Waals surface area contributed by atoms with Crippen molar-refractivity contribution in [1.82, 2.24) is 4.90 Å². The molecular weight excluding hydrogens is 182 g/mol. The lowest BCUT2D eigenvalue weighted by Crippen LogP contribution is -2.12. The molecule has 1 nitrogen and oxygen atoms in total. The maximum absolute atomic E-state index is 7.16. The van der Waals surface area contributed by atoms with Gasteiger partial charge in [0.15, 0.2) is 0 Å². The lowest BCUT2D eigenvalue weighted by Gasteiger charge is -2.08. The summed E-state index contributed by atoms with van der Waals surface area (Å²) in [6.07, 6.45) is 13.9. The SMILES string of the molecule is [2H]CN(C)CCCCCCCCCCCC. The molecule has 0 rings (SSSR count). The Bertz CT molecular complexity index is 128. The summed E-state index contributed by atoms with van der Waals surface area (Å²) < 4.78 is 7.16. The molecule has 0 saturated heterocycles. The van der Waals surface area contributed by atoms with E-state index in [2.05, 4.69) is 11.8 Å². The molecule has 0 bridgehead atoms. The van der Waals surface area contributed by atoms with Crippen molar-refractivity contribution >= 4 is 0 Å². The third-order valence-corrected chi connectivity index (χ3v) is 2.89. The topological polar surface area (TPSA) is 3.24 Å². The Hall–Kier alpha value is -0.0400. The van der Waals surface area contributed by atoms with E-state index in [9.17, 15) is 0 Å². The Balaban J connectivity index is 2.93. The summed E-state index contributed by atoms with van der Waals surface area (Å²) in [6, 6.07) is 0. The monoisotopic (exact) mass is 214 g/mol. The van der Waals surface area contributed by atoms with Gasteiger partial charge in [-0.1, -0.05) is 64.7 Å². The number of hydrogen-bond donors (Lipinski definition) is 0. The van der Waals surface area contributed by atoms with Crippen molar-refractivity contribution in [3.63, 3.8) is 0 Å². The highest BCUT2D eigenvalue weighted by Gasteiger charge is 1.93. The van der Waals surface area contributed by atoms with Crippen LogP contribution in [-0.2, 0) is 0 Å². The van der Waals surface area contributed by atoms with Crippen molar-refractivity contribution in [3.8, 4) is 0 Å². The van der Waals surface area contributed by atoms with E-state index in [1.54, 1.807) is 0 Å². The van der Waals surface area contributed by atoms with Crippen LogP contribution >= 0.6 is 0 Å². The van der Waals surface area contributed by atoms with Gasteiger partial charge >= 0.3 is 0 Å². The van der Waals surface area contributed by atoms with Crippen LogP contribution in [0.2, 0.25) is 0 Å². The molecule has 0 aliphatic heterocycles. The summed E-state index contributed by atoms with van der Waals surface area (Å²) >= 11 is 0. The van der Waals surface area contributed by atoms with Crippen molar-refractivity contribution in [2.24, 2.45) is 0 Å². The van der Waals surface area contributed by atoms with Gasteiger partial charge in [-0.25, -0.2) is 0 Å². The number of nitrogens with zero attached hydrogens (tertiary/aromatic N) is 1. The Morgan fingerprint density at radius 3 is 1.73 bits per heavy atom. The van der Waals surface area contributed by atoms with Gasteiger partial charge in [0.25, 0.3) is 0 Å². The van der Waals surface area contributed by atoms with Gasteiger partial charge in [-0.2, -0.15) is 0 Å². The minimum absolute atomic E-state index is 0.442. The van der Waals surface area contributed by atoms with E-state index in [-0.39, 0.29) is 0 Å². The van der Waals surface area contributed by atoms with Crippen LogP contribution < -0.4 is 0 Å². The molecule has 0 spiro atoms. The van der Waals surface area contributed by atoms with Gasteiger partial charge in [0.2, 0.25) is 0 Å². The van der Waals surface area contributed by atoms with Crippen LogP contribution in [0.1, 0.15) is 72.5 Å². The zero-order valence-electron chi connectivity index (χ0n) is 11.9. The van der Waals surface area contributed by atoms with Crippen LogP contribution in [0.4, 0.5) is 0 Å². The quantitative estimate of drug-likeness (QED) is 0.459. The normalized spacial score (nSPS) is 12.1. The molecule has 0 aromatic rings. The molecule has 0 fully saturated rings. The first-order chi connectivity index (χ1) is 7.81. The third-order valence-electron chi connectivity index (χ3n) is 2.89. The highest BCUT2D eigenvalue weighted by atomic mass is 15.0. The van der Waals surface area contributed by atoms with Crippen molar-refractivity contribution < 1.29 is 1.37 Å². The van der Waals surface area contributed by atoms with Gasteiger partial charge < -0.3 is 4.90 Å². The van der Waals surface area contributed by atoms with Crippen LogP contribution in [0.25, 0.3) is 0 Å². The molecule has 0 aliphatic carbocycles. The lowest BCUT2D eigenvalue weighted by molar-refractivity contribution is 0.389. The van der Waals surface area contributed by atoms with Crippen molar-refractivity contribution in [3.05, 3.63) is 0 Å². The molecule has 0 unspecified atom stereocenters. The highest BCUT2D eigenvalue weighted by molar-refractivity contribution is 4.49. The first kappa shape index (κ1) is 13.0. The summed E-state index contributed by atoms with van der Waals surface area (Å²) in [5.41, 5.74) is 0. The predicted octanol–water partition coefficient (Wildman–Crippen LogP) is 4.47. The van der Waals surface area contributed by atoms with Gasteiger partial charge in [0.05, 0.1) is 0 Å². The number of hydrogen-bond acceptors (Lipinski definition) is 1. The van der Waals surface area contributed by atoms with E-state index >= 15 is 0 Å². The fourth-order valence-electron chi connectivity index (χ4n) is 1.87. The van der Waals surface area contributed by atoms with E-state index < -0.39 is 0 Å². The average molecular weight is 214 g/mol. The van der Waals surface area contributed by atoms with Crippen LogP contribution in [0.5, 0.6) is 0 Å². The molecule has 92 valence electrons. The minimum atomic E-state index is 0.442. The number of unbranched alkanes of at least 4 members (excludes halogenated alkanes) is 9.